The molecule has 3 rings (SSSR count). The van der Waals surface area contributed by atoms with Crippen LogP contribution in [0.2, 0.25) is 0 Å². The Bertz CT molecular complexity index is 1590. The third-order valence-electron chi connectivity index (χ3n) is 7.07. The lowest BCUT2D eigenvalue weighted by molar-refractivity contribution is -0.163. The molecule has 0 heterocycles. The molecule has 15 nitrogen and oxygen atoms in total. The number of hydrogen-bond acceptors (Lipinski definition) is 11. The molecular weight excluding hydrogens is 690 g/mol. The van der Waals surface area contributed by atoms with E-state index in [9.17, 15) is 28.8 Å². The Hall–Kier alpha value is -5.96. The second-order valence-corrected chi connectivity index (χ2v) is 12.0. The van der Waals surface area contributed by atoms with Gasteiger partial charge in [-0.25, -0.2) is 28.8 Å². The molecular formula is C38H47N3O12. The van der Waals surface area contributed by atoms with Crippen molar-refractivity contribution in [2.24, 2.45) is 5.92 Å². The zero-order valence-corrected chi connectivity index (χ0v) is 30.1. The maximum absolute atomic E-state index is 12.8. The van der Waals surface area contributed by atoms with E-state index in [1.54, 1.807) is 67.6 Å². The molecule has 0 aromatic heterocycles. The van der Waals surface area contributed by atoms with Gasteiger partial charge in [0.15, 0.2) is 6.04 Å². The second-order valence-electron chi connectivity index (χ2n) is 12.0. The minimum atomic E-state index is -1.38. The first-order valence-electron chi connectivity index (χ1n) is 16.9. The van der Waals surface area contributed by atoms with Gasteiger partial charge in [-0.05, 0) is 42.9 Å². The van der Waals surface area contributed by atoms with Gasteiger partial charge in [-0.1, -0.05) is 105 Å². The van der Waals surface area contributed by atoms with Crippen molar-refractivity contribution in [3.63, 3.8) is 0 Å². The average Bonchev–Trinajstić information content (AvgIpc) is 3.12. The summed E-state index contributed by atoms with van der Waals surface area (Å²) in [6.07, 6.45) is -3.39. The van der Waals surface area contributed by atoms with Crippen molar-refractivity contribution in [2.75, 3.05) is 6.61 Å². The van der Waals surface area contributed by atoms with Gasteiger partial charge in [-0.15, -0.1) is 0 Å². The standard InChI is InChI=1S/C26H32N2O7.C12H15NO5/c1-4-33-25(31)28-22(16-19-11-7-5-8-12-19)24(30)35-23(29)21(15-18(2)3)27-26(32)34-17-20-13-9-6-10-14-20;1-8(14)10(11(15)16)13-12(17)18-7-9-5-3-2-4-6-9/h5-14,18,21-22H,4,15-17H2,1-3H3,(H,27,32)(H,28,31);2-6,8,10,14H,7H2,1H3,(H,13,17)(H,15,16)/t21-,22-;8-,10+/m01/s1. The van der Waals surface area contributed by atoms with Crippen LogP contribution in [0, 0.1) is 5.92 Å². The Morgan fingerprint density at radius 2 is 1.02 bits per heavy atom. The van der Waals surface area contributed by atoms with Crippen molar-refractivity contribution in [1.82, 2.24) is 16.0 Å². The van der Waals surface area contributed by atoms with E-state index >= 15 is 0 Å². The number of rotatable bonds is 16. The molecule has 3 amide bonds. The fraction of sp³-hybridized carbons (Fsp3) is 0.368. The molecule has 3 aromatic carbocycles. The lowest BCUT2D eigenvalue weighted by Crippen LogP contribution is -2.48. The van der Waals surface area contributed by atoms with E-state index in [0.717, 1.165) is 16.7 Å². The molecule has 5 N–H and O–H groups in total. The number of esters is 2. The van der Waals surface area contributed by atoms with Gasteiger partial charge in [0.25, 0.3) is 0 Å². The van der Waals surface area contributed by atoms with Gasteiger partial charge in [0.05, 0.1) is 12.7 Å². The van der Waals surface area contributed by atoms with Crippen LogP contribution < -0.4 is 16.0 Å². The number of ether oxygens (including phenoxy) is 4. The molecule has 4 atom stereocenters. The van der Waals surface area contributed by atoms with Crippen LogP contribution in [-0.2, 0) is 53.0 Å². The third kappa shape index (κ3) is 17.7. The molecule has 0 aliphatic heterocycles. The Balaban J connectivity index is 0.000000453. The van der Waals surface area contributed by atoms with Crippen molar-refractivity contribution in [1.29, 1.82) is 0 Å². The Morgan fingerprint density at radius 1 is 0.604 bits per heavy atom. The summed E-state index contributed by atoms with van der Waals surface area (Å²) in [5.74, 6) is -3.21. The zero-order chi connectivity index (χ0) is 39.2. The molecule has 0 bridgehead atoms. The van der Waals surface area contributed by atoms with E-state index in [1.165, 1.54) is 6.92 Å². The van der Waals surface area contributed by atoms with Crippen molar-refractivity contribution < 1.29 is 57.9 Å². The van der Waals surface area contributed by atoms with Gasteiger partial charge in [0.2, 0.25) is 0 Å². The number of amides is 3. The van der Waals surface area contributed by atoms with E-state index in [2.05, 4.69) is 16.0 Å². The molecule has 3 aromatic rings. The minimum Gasteiger partial charge on any atom is -0.480 e. The zero-order valence-electron chi connectivity index (χ0n) is 30.1. The van der Waals surface area contributed by atoms with Crippen molar-refractivity contribution in [2.45, 2.75) is 78.0 Å². The summed E-state index contributed by atoms with van der Waals surface area (Å²) < 4.78 is 20.0. The average molecular weight is 738 g/mol. The number of benzene rings is 3. The predicted molar refractivity (Wildman–Crippen MR) is 191 cm³/mol. The third-order valence-corrected chi connectivity index (χ3v) is 7.07. The van der Waals surface area contributed by atoms with Gasteiger partial charge in [0, 0.05) is 6.42 Å². The van der Waals surface area contributed by atoms with Gasteiger partial charge < -0.3 is 45.1 Å². The summed E-state index contributed by atoms with van der Waals surface area (Å²) >= 11 is 0. The summed E-state index contributed by atoms with van der Waals surface area (Å²) in [6, 6.07) is 23.4. The van der Waals surface area contributed by atoms with Crippen LogP contribution in [0.4, 0.5) is 14.4 Å². The summed E-state index contributed by atoms with van der Waals surface area (Å²) in [7, 11) is 0. The quantitative estimate of drug-likeness (QED) is 0.0781. The maximum atomic E-state index is 12.8. The van der Waals surface area contributed by atoms with Crippen molar-refractivity contribution in [3.05, 3.63) is 108 Å². The lowest BCUT2D eigenvalue weighted by Gasteiger charge is -2.21. The SMILES string of the molecule is CCOC(=O)N[C@@H](Cc1ccccc1)C(=O)OC(=O)[C@H](CC(C)C)NC(=O)OCc1ccccc1.C[C@@H](O)[C@H](NC(=O)OCc1ccccc1)C(=O)O. The number of carbonyl (C=O) groups excluding carboxylic acids is 5. The van der Waals surface area contributed by atoms with Crippen LogP contribution in [0.5, 0.6) is 0 Å². The largest absolute Gasteiger partial charge is 0.480 e. The molecule has 0 radical (unpaired) electrons. The molecule has 0 spiro atoms. The summed E-state index contributed by atoms with van der Waals surface area (Å²) in [4.78, 5) is 71.9. The number of aliphatic hydroxyl groups excluding tert-OH is 1. The summed E-state index contributed by atoms with van der Waals surface area (Å²) in [6.45, 7) is 6.81. The fourth-order valence-electron chi connectivity index (χ4n) is 4.47. The first-order chi connectivity index (χ1) is 25.3. The Labute approximate surface area is 308 Å². The minimum absolute atomic E-state index is 0.00912. The highest BCUT2D eigenvalue weighted by Gasteiger charge is 2.31. The number of aliphatic carboxylic acids is 1. The van der Waals surface area contributed by atoms with Gasteiger partial charge >= 0.3 is 36.2 Å². The second kappa shape index (κ2) is 23.5. The van der Waals surface area contributed by atoms with Crippen molar-refractivity contribution in [3.8, 4) is 0 Å². The lowest BCUT2D eigenvalue weighted by atomic mass is 10.0. The number of hydrogen-bond donors (Lipinski definition) is 5. The highest BCUT2D eigenvalue weighted by Crippen LogP contribution is 2.11. The topological polar surface area (TPSA) is 216 Å². The van der Waals surface area contributed by atoms with Crippen LogP contribution in [0.15, 0.2) is 91.0 Å². The predicted octanol–water partition coefficient (Wildman–Crippen LogP) is 4.50. The molecule has 15 heteroatoms. The van der Waals surface area contributed by atoms with E-state index in [1.807, 2.05) is 44.2 Å². The first kappa shape index (κ1) is 43.2. The fourth-order valence-corrected chi connectivity index (χ4v) is 4.47. The van der Waals surface area contributed by atoms with Crippen LogP contribution in [-0.4, -0.2) is 77.2 Å². The van der Waals surface area contributed by atoms with Crippen LogP contribution in [0.25, 0.3) is 0 Å². The molecule has 0 saturated carbocycles. The molecule has 0 saturated heterocycles. The first-order valence-corrected chi connectivity index (χ1v) is 16.9. The maximum Gasteiger partial charge on any atom is 0.408 e. The van der Waals surface area contributed by atoms with Crippen molar-refractivity contribution >= 4 is 36.2 Å². The van der Waals surface area contributed by atoms with E-state index in [4.69, 9.17) is 29.2 Å². The number of nitrogens with one attached hydrogen (secondary N) is 3. The van der Waals surface area contributed by atoms with E-state index in [0.29, 0.717) is 0 Å². The molecule has 53 heavy (non-hydrogen) atoms. The molecule has 0 aliphatic carbocycles. The Kier molecular flexibility index (Phi) is 19.2. The number of carboxylic acid groups (broad SMARTS) is 1. The smallest absolute Gasteiger partial charge is 0.408 e. The van der Waals surface area contributed by atoms with Gasteiger partial charge in [-0.2, -0.15) is 0 Å². The van der Waals surface area contributed by atoms with Gasteiger partial charge in [0.1, 0.15) is 25.3 Å². The van der Waals surface area contributed by atoms with E-state index < -0.39 is 60.4 Å². The number of alkyl carbamates (subject to hydrolysis) is 3. The number of carboxylic acids is 1. The van der Waals surface area contributed by atoms with E-state index in [-0.39, 0.29) is 38.6 Å². The number of aliphatic hydroxyl groups is 1. The highest BCUT2D eigenvalue weighted by molar-refractivity contribution is 5.93. The normalized spacial score (nSPS) is 12.6. The number of carbonyl (C=O) groups is 6. The molecule has 0 fully saturated rings. The van der Waals surface area contributed by atoms with Crippen LogP contribution in [0.3, 0.4) is 0 Å². The molecule has 286 valence electrons. The van der Waals surface area contributed by atoms with Gasteiger partial charge in [-0.3, -0.25) is 0 Å². The highest BCUT2D eigenvalue weighted by atomic mass is 16.6. The molecule has 0 unspecified atom stereocenters. The van der Waals surface area contributed by atoms with Crippen LogP contribution in [0.1, 0.15) is 50.8 Å². The summed E-state index contributed by atoms with van der Waals surface area (Å²) in [5.41, 5.74) is 2.33. The Morgan fingerprint density at radius 3 is 1.45 bits per heavy atom. The van der Waals surface area contributed by atoms with Crippen LogP contribution >= 0.6 is 0 Å². The molecule has 0 aliphatic rings. The summed E-state index contributed by atoms with van der Waals surface area (Å²) in [5, 5.41) is 24.9. The monoisotopic (exact) mass is 737 g/mol.